The minimum absolute atomic E-state index is 0.246. The standard InChI is InChI=1S/C12H22N2O5S/c1-4-12(5-2,11(16)17)13-10(15)9-7-6-8-14(9)20(3,18)19/h9H,4-8H2,1-3H3,(H,13,15)(H,16,17). The number of nitrogens with one attached hydrogen (secondary N) is 1. The van der Waals surface area contributed by atoms with E-state index >= 15 is 0 Å². The molecular weight excluding hydrogens is 284 g/mol. The molecule has 1 heterocycles. The number of sulfonamides is 1. The molecule has 1 rings (SSSR count). The third-order valence-corrected chi connectivity index (χ3v) is 5.20. The van der Waals surface area contributed by atoms with Crippen molar-refractivity contribution in [3.8, 4) is 0 Å². The summed E-state index contributed by atoms with van der Waals surface area (Å²) in [6.45, 7) is 3.66. The molecule has 8 heteroatoms. The number of amides is 1. The molecule has 1 aliphatic heterocycles. The van der Waals surface area contributed by atoms with E-state index in [2.05, 4.69) is 5.32 Å². The molecule has 116 valence electrons. The van der Waals surface area contributed by atoms with Crippen molar-refractivity contribution in [3.63, 3.8) is 0 Å². The first-order valence-electron chi connectivity index (χ1n) is 6.70. The SMILES string of the molecule is CCC(CC)(NC(=O)C1CCCN1S(C)(=O)=O)C(=O)O. The van der Waals surface area contributed by atoms with Gasteiger partial charge in [-0.2, -0.15) is 4.31 Å². The van der Waals surface area contributed by atoms with Gasteiger partial charge in [0.15, 0.2) is 0 Å². The number of nitrogens with zero attached hydrogens (tertiary/aromatic N) is 1. The molecule has 1 aliphatic rings. The second-order valence-corrected chi connectivity index (χ2v) is 7.05. The Kier molecular flexibility index (Phi) is 5.15. The molecule has 1 saturated heterocycles. The lowest BCUT2D eigenvalue weighted by Crippen LogP contribution is -2.58. The molecule has 0 bridgehead atoms. The van der Waals surface area contributed by atoms with Crippen LogP contribution in [0.2, 0.25) is 0 Å². The van der Waals surface area contributed by atoms with Crippen LogP contribution in [-0.4, -0.2) is 54.1 Å². The lowest BCUT2D eigenvalue weighted by Gasteiger charge is -2.31. The van der Waals surface area contributed by atoms with Crippen molar-refractivity contribution in [2.75, 3.05) is 12.8 Å². The van der Waals surface area contributed by atoms with Gasteiger partial charge in [-0.25, -0.2) is 13.2 Å². The Hall–Kier alpha value is -1.15. The highest BCUT2D eigenvalue weighted by Crippen LogP contribution is 2.23. The van der Waals surface area contributed by atoms with Crippen LogP contribution in [0.3, 0.4) is 0 Å². The first-order valence-corrected chi connectivity index (χ1v) is 8.55. The van der Waals surface area contributed by atoms with Crippen molar-refractivity contribution in [3.05, 3.63) is 0 Å². The average molecular weight is 306 g/mol. The van der Waals surface area contributed by atoms with Crippen LogP contribution in [0.4, 0.5) is 0 Å². The van der Waals surface area contributed by atoms with E-state index in [4.69, 9.17) is 0 Å². The summed E-state index contributed by atoms with van der Waals surface area (Å²) in [6.07, 6.45) is 2.57. The van der Waals surface area contributed by atoms with Gasteiger partial charge in [-0.3, -0.25) is 4.79 Å². The Morgan fingerprint density at radius 2 is 1.90 bits per heavy atom. The van der Waals surface area contributed by atoms with E-state index in [9.17, 15) is 23.1 Å². The zero-order valence-electron chi connectivity index (χ0n) is 12.0. The summed E-state index contributed by atoms with van der Waals surface area (Å²) in [5.41, 5.74) is -1.33. The maximum absolute atomic E-state index is 12.3. The molecule has 1 fully saturated rings. The molecule has 0 aromatic rings. The lowest BCUT2D eigenvalue weighted by molar-refractivity contribution is -0.148. The first-order chi connectivity index (χ1) is 9.18. The van der Waals surface area contributed by atoms with Gasteiger partial charge in [0.1, 0.15) is 11.6 Å². The van der Waals surface area contributed by atoms with E-state index in [-0.39, 0.29) is 12.8 Å². The van der Waals surface area contributed by atoms with Gasteiger partial charge in [0.2, 0.25) is 15.9 Å². The maximum Gasteiger partial charge on any atom is 0.329 e. The minimum Gasteiger partial charge on any atom is -0.480 e. The monoisotopic (exact) mass is 306 g/mol. The molecule has 0 saturated carbocycles. The number of carbonyl (C=O) groups excluding carboxylic acids is 1. The molecule has 1 atom stereocenters. The Balaban J connectivity index is 2.93. The fourth-order valence-electron chi connectivity index (χ4n) is 2.50. The van der Waals surface area contributed by atoms with Gasteiger partial charge in [-0.05, 0) is 25.7 Å². The van der Waals surface area contributed by atoms with Crippen molar-refractivity contribution in [2.45, 2.75) is 51.1 Å². The average Bonchev–Trinajstić information content (AvgIpc) is 2.84. The normalized spacial score (nSPS) is 20.9. The molecule has 2 N–H and O–H groups in total. The summed E-state index contributed by atoms with van der Waals surface area (Å²) in [7, 11) is -3.46. The zero-order chi connectivity index (χ0) is 15.6. The smallest absolute Gasteiger partial charge is 0.329 e. The summed E-state index contributed by atoms with van der Waals surface area (Å²) >= 11 is 0. The largest absolute Gasteiger partial charge is 0.480 e. The predicted octanol–water partition coefficient (Wildman–Crippen LogP) is 0.170. The van der Waals surface area contributed by atoms with E-state index in [1.165, 1.54) is 0 Å². The van der Waals surface area contributed by atoms with Crippen molar-refractivity contribution in [1.82, 2.24) is 9.62 Å². The Morgan fingerprint density at radius 3 is 2.30 bits per heavy atom. The van der Waals surface area contributed by atoms with Crippen LogP contribution in [-0.2, 0) is 19.6 Å². The maximum atomic E-state index is 12.3. The third kappa shape index (κ3) is 3.29. The van der Waals surface area contributed by atoms with Crippen LogP contribution in [0.1, 0.15) is 39.5 Å². The van der Waals surface area contributed by atoms with Crippen LogP contribution in [0.25, 0.3) is 0 Å². The fourth-order valence-corrected chi connectivity index (χ4v) is 3.63. The van der Waals surface area contributed by atoms with E-state index in [0.717, 1.165) is 10.6 Å². The number of aliphatic carboxylic acids is 1. The van der Waals surface area contributed by atoms with Gasteiger partial charge >= 0.3 is 5.97 Å². The van der Waals surface area contributed by atoms with Gasteiger partial charge in [-0.15, -0.1) is 0 Å². The fraction of sp³-hybridized carbons (Fsp3) is 0.833. The van der Waals surface area contributed by atoms with Crippen LogP contribution < -0.4 is 5.32 Å². The first kappa shape index (κ1) is 16.9. The number of carboxylic acid groups (broad SMARTS) is 1. The van der Waals surface area contributed by atoms with Crippen molar-refractivity contribution >= 4 is 21.9 Å². The van der Waals surface area contributed by atoms with Gasteiger partial charge in [0.25, 0.3) is 0 Å². The molecule has 0 aromatic carbocycles. The molecule has 0 aliphatic carbocycles. The van der Waals surface area contributed by atoms with Crippen molar-refractivity contribution in [2.24, 2.45) is 0 Å². The van der Waals surface area contributed by atoms with Gasteiger partial charge in [-0.1, -0.05) is 13.8 Å². The highest BCUT2D eigenvalue weighted by molar-refractivity contribution is 7.88. The highest BCUT2D eigenvalue weighted by atomic mass is 32.2. The van der Waals surface area contributed by atoms with E-state index in [1.54, 1.807) is 13.8 Å². The molecule has 0 spiro atoms. The molecule has 1 unspecified atom stereocenters. The van der Waals surface area contributed by atoms with Crippen LogP contribution in [0.5, 0.6) is 0 Å². The highest BCUT2D eigenvalue weighted by Gasteiger charge is 2.42. The van der Waals surface area contributed by atoms with E-state index < -0.39 is 33.5 Å². The van der Waals surface area contributed by atoms with E-state index in [1.807, 2.05) is 0 Å². The molecular formula is C12H22N2O5S. The molecule has 0 aromatic heterocycles. The molecule has 0 radical (unpaired) electrons. The molecule has 20 heavy (non-hydrogen) atoms. The summed E-state index contributed by atoms with van der Waals surface area (Å²) in [5, 5.41) is 11.8. The van der Waals surface area contributed by atoms with Crippen LogP contribution in [0.15, 0.2) is 0 Å². The second-order valence-electron chi connectivity index (χ2n) is 5.12. The van der Waals surface area contributed by atoms with Gasteiger partial charge in [0, 0.05) is 6.54 Å². The van der Waals surface area contributed by atoms with E-state index in [0.29, 0.717) is 19.4 Å². The van der Waals surface area contributed by atoms with Crippen molar-refractivity contribution < 1.29 is 23.1 Å². The zero-order valence-corrected chi connectivity index (χ0v) is 12.9. The minimum atomic E-state index is -3.46. The summed E-state index contributed by atoms with van der Waals surface area (Å²) in [4.78, 5) is 23.6. The number of hydrogen-bond acceptors (Lipinski definition) is 4. The Morgan fingerprint density at radius 1 is 1.35 bits per heavy atom. The topological polar surface area (TPSA) is 104 Å². The summed E-state index contributed by atoms with van der Waals surface area (Å²) in [6, 6.07) is -0.804. The number of hydrogen-bond donors (Lipinski definition) is 2. The Labute approximate surface area is 119 Å². The van der Waals surface area contributed by atoms with Crippen LogP contribution in [0, 0.1) is 0 Å². The Bertz CT molecular complexity index is 484. The lowest BCUT2D eigenvalue weighted by atomic mass is 9.92. The molecule has 7 nitrogen and oxygen atoms in total. The third-order valence-electron chi connectivity index (χ3n) is 3.91. The van der Waals surface area contributed by atoms with Crippen LogP contribution >= 0.6 is 0 Å². The summed E-state index contributed by atoms with van der Waals surface area (Å²) in [5.74, 6) is -1.63. The van der Waals surface area contributed by atoms with Gasteiger partial charge < -0.3 is 10.4 Å². The quantitative estimate of drug-likeness (QED) is 0.728. The van der Waals surface area contributed by atoms with Crippen molar-refractivity contribution in [1.29, 1.82) is 0 Å². The summed E-state index contributed by atoms with van der Waals surface area (Å²) < 4.78 is 24.4. The number of carbonyl (C=O) groups is 2. The predicted molar refractivity (Wildman–Crippen MR) is 73.7 cm³/mol. The second kappa shape index (κ2) is 6.09. The molecule has 1 amide bonds. The number of carboxylic acids is 1. The number of rotatable bonds is 6. The van der Waals surface area contributed by atoms with Gasteiger partial charge in [0.05, 0.1) is 6.26 Å².